The van der Waals surface area contributed by atoms with Crippen LogP contribution < -0.4 is 4.72 Å². The average molecular weight is 284 g/mol. The van der Waals surface area contributed by atoms with Gasteiger partial charge in [-0.05, 0) is 18.4 Å². The summed E-state index contributed by atoms with van der Waals surface area (Å²) in [6.45, 7) is 1.83. The quantitative estimate of drug-likeness (QED) is 0.860. The van der Waals surface area contributed by atoms with Gasteiger partial charge >= 0.3 is 0 Å². The Balaban J connectivity index is 2.67. The van der Waals surface area contributed by atoms with Gasteiger partial charge in [0.25, 0.3) is 0 Å². The summed E-state index contributed by atoms with van der Waals surface area (Å²) >= 11 is 4.46. The number of halogens is 1. The van der Waals surface area contributed by atoms with Gasteiger partial charge in [-0.15, -0.1) is 11.3 Å². The van der Waals surface area contributed by atoms with Crippen LogP contribution in [-0.2, 0) is 10.0 Å². The van der Waals surface area contributed by atoms with E-state index < -0.39 is 10.0 Å². The summed E-state index contributed by atoms with van der Waals surface area (Å²) < 4.78 is 24.8. The van der Waals surface area contributed by atoms with E-state index in [1.54, 1.807) is 0 Å². The third-order valence-corrected chi connectivity index (χ3v) is 5.33. The summed E-state index contributed by atoms with van der Waals surface area (Å²) in [6, 6.07) is 3.66. The maximum atomic E-state index is 11.2. The highest BCUT2D eigenvalue weighted by molar-refractivity contribution is 9.10. The van der Waals surface area contributed by atoms with E-state index in [9.17, 15) is 8.42 Å². The lowest BCUT2D eigenvalue weighted by Gasteiger charge is -2.10. The van der Waals surface area contributed by atoms with E-state index in [0.717, 1.165) is 4.88 Å². The molecule has 0 saturated heterocycles. The fourth-order valence-electron chi connectivity index (χ4n) is 0.897. The Morgan fingerprint density at radius 2 is 2.38 bits per heavy atom. The van der Waals surface area contributed by atoms with Crippen molar-refractivity contribution in [2.24, 2.45) is 0 Å². The molecule has 0 bridgehead atoms. The Morgan fingerprint density at radius 3 is 2.85 bits per heavy atom. The normalized spacial score (nSPS) is 14.3. The van der Waals surface area contributed by atoms with Crippen molar-refractivity contribution in [3.8, 4) is 0 Å². The molecule has 0 aromatic carbocycles. The molecule has 13 heavy (non-hydrogen) atoms. The molecule has 0 fully saturated rings. The summed E-state index contributed by atoms with van der Waals surface area (Å²) in [5.74, 6) is 0. The lowest BCUT2D eigenvalue weighted by Crippen LogP contribution is -2.26. The standard InChI is InChI=1S/C7H10BrNO2S2/c1-6(7-3-2-4-12-7)9-13(10,11)5-8/h2-4,6,9H,5H2,1H3/t6-/m1/s1. The van der Waals surface area contributed by atoms with Gasteiger partial charge in [-0.25, -0.2) is 13.1 Å². The molecule has 0 aliphatic heterocycles. The van der Waals surface area contributed by atoms with E-state index in [-0.39, 0.29) is 10.7 Å². The van der Waals surface area contributed by atoms with Crippen LogP contribution in [0.15, 0.2) is 17.5 Å². The van der Waals surface area contributed by atoms with Gasteiger partial charge in [0.1, 0.15) is 4.66 Å². The molecular weight excluding hydrogens is 274 g/mol. The van der Waals surface area contributed by atoms with Crippen molar-refractivity contribution in [3.63, 3.8) is 0 Å². The molecule has 6 heteroatoms. The van der Waals surface area contributed by atoms with Crippen LogP contribution in [0.2, 0.25) is 0 Å². The summed E-state index contributed by atoms with van der Waals surface area (Å²) in [7, 11) is -3.17. The van der Waals surface area contributed by atoms with Crippen LogP contribution in [0.5, 0.6) is 0 Å². The molecule has 0 saturated carbocycles. The zero-order chi connectivity index (χ0) is 9.90. The second-order valence-electron chi connectivity index (χ2n) is 2.58. The van der Waals surface area contributed by atoms with Crippen LogP contribution in [0.4, 0.5) is 0 Å². The first-order valence-corrected chi connectivity index (χ1v) is 7.30. The van der Waals surface area contributed by atoms with Crippen molar-refractivity contribution in [1.82, 2.24) is 4.72 Å². The Labute approximate surface area is 90.3 Å². The summed E-state index contributed by atoms with van der Waals surface area (Å²) in [5, 5.41) is 1.92. The van der Waals surface area contributed by atoms with Gasteiger partial charge in [0.05, 0.1) is 6.04 Å². The Bertz CT molecular complexity index is 347. The first kappa shape index (κ1) is 11.2. The van der Waals surface area contributed by atoms with Gasteiger partial charge in [-0.2, -0.15) is 0 Å². The van der Waals surface area contributed by atoms with Crippen LogP contribution in [0.3, 0.4) is 0 Å². The number of rotatable bonds is 4. The highest BCUT2D eigenvalue weighted by atomic mass is 79.9. The van der Waals surface area contributed by atoms with Crippen molar-refractivity contribution < 1.29 is 8.42 Å². The van der Waals surface area contributed by atoms with E-state index in [4.69, 9.17) is 0 Å². The largest absolute Gasteiger partial charge is 0.222 e. The van der Waals surface area contributed by atoms with Gasteiger partial charge in [0.15, 0.2) is 0 Å². The molecule has 1 aromatic rings. The van der Waals surface area contributed by atoms with E-state index >= 15 is 0 Å². The van der Waals surface area contributed by atoms with Crippen LogP contribution >= 0.6 is 27.3 Å². The SMILES string of the molecule is C[C@@H](NS(=O)(=O)CBr)c1cccs1. The predicted octanol–water partition coefficient (Wildman–Crippen LogP) is 2.08. The third kappa shape index (κ3) is 3.38. The van der Waals surface area contributed by atoms with Gasteiger partial charge in [0, 0.05) is 4.88 Å². The third-order valence-electron chi connectivity index (χ3n) is 1.47. The maximum Gasteiger partial charge on any atom is 0.222 e. The Morgan fingerprint density at radius 1 is 1.69 bits per heavy atom. The lowest BCUT2D eigenvalue weighted by molar-refractivity contribution is 0.574. The molecule has 0 aliphatic carbocycles. The highest BCUT2D eigenvalue weighted by Gasteiger charge is 2.14. The lowest BCUT2D eigenvalue weighted by atomic mass is 10.3. The Hall–Kier alpha value is 0.0900. The second-order valence-corrected chi connectivity index (χ2v) is 6.62. The second kappa shape index (κ2) is 4.54. The zero-order valence-electron chi connectivity index (χ0n) is 7.03. The molecular formula is C7H10BrNO2S2. The van der Waals surface area contributed by atoms with Gasteiger partial charge in [-0.1, -0.05) is 22.0 Å². The predicted molar refractivity (Wildman–Crippen MR) is 58.6 cm³/mol. The van der Waals surface area contributed by atoms with Crippen molar-refractivity contribution in [3.05, 3.63) is 22.4 Å². The fourth-order valence-corrected chi connectivity index (χ4v) is 2.83. The first-order valence-electron chi connectivity index (χ1n) is 3.64. The summed E-state index contributed by atoms with van der Waals surface area (Å²) in [4.78, 5) is 1.02. The molecule has 1 N–H and O–H groups in total. The number of hydrogen-bond donors (Lipinski definition) is 1. The molecule has 1 aromatic heterocycles. The molecule has 3 nitrogen and oxygen atoms in total. The summed E-state index contributed by atoms with van der Waals surface area (Å²) in [5.41, 5.74) is 0. The van der Waals surface area contributed by atoms with E-state index in [2.05, 4.69) is 20.7 Å². The summed E-state index contributed by atoms with van der Waals surface area (Å²) in [6.07, 6.45) is 0. The molecule has 0 spiro atoms. The number of alkyl halides is 1. The Kier molecular flexibility index (Phi) is 3.90. The topological polar surface area (TPSA) is 46.2 Å². The van der Waals surface area contributed by atoms with Gasteiger partial charge < -0.3 is 0 Å². The monoisotopic (exact) mass is 283 g/mol. The van der Waals surface area contributed by atoms with E-state index in [1.165, 1.54) is 11.3 Å². The molecule has 1 rings (SSSR count). The average Bonchev–Trinajstić information content (AvgIpc) is 2.55. The minimum Gasteiger partial charge on any atom is -0.212 e. The van der Waals surface area contributed by atoms with Gasteiger partial charge in [0.2, 0.25) is 10.0 Å². The molecule has 0 unspecified atom stereocenters. The zero-order valence-corrected chi connectivity index (χ0v) is 10.2. The minimum atomic E-state index is -3.17. The van der Waals surface area contributed by atoms with Crippen molar-refractivity contribution in [1.29, 1.82) is 0 Å². The minimum absolute atomic E-state index is 0.0598. The molecule has 0 amide bonds. The van der Waals surface area contributed by atoms with Gasteiger partial charge in [-0.3, -0.25) is 0 Å². The van der Waals surface area contributed by atoms with Crippen molar-refractivity contribution in [2.45, 2.75) is 13.0 Å². The molecule has 0 radical (unpaired) electrons. The maximum absolute atomic E-state index is 11.2. The van der Waals surface area contributed by atoms with Crippen LogP contribution in [0.25, 0.3) is 0 Å². The number of thiophene rings is 1. The van der Waals surface area contributed by atoms with Crippen LogP contribution in [0, 0.1) is 0 Å². The van der Waals surface area contributed by atoms with E-state index in [0.29, 0.717) is 0 Å². The van der Waals surface area contributed by atoms with E-state index in [1.807, 2.05) is 24.4 Å². The number of hydrogen-bond acceptors (Lipinski definition) is 3. The highest BCUT2D eigenvalue weighted by Crippen LogP contribution is 2.18. The fraction of sp³-hybridized carbons (Fsp3) is 0.429. The first-order chi connectivity index (χ1) is 6.05. The van der Waals surface area contributed by atoms with Crippen LogP contribution in [-0.4, -0.2) is 13.1 Å². The number of nitrogens with one attached hydrogen (secondary N) is 1. The van der Waals surface area contributed by atoms with Crippen molar-refractivity contribution >= 4 is 37.3 Å². The molecule has 1 heterocycles. The molecule has 0 aliphatic rings. The van der Waals surface area contributed by atoms with Crippen molar-refractivity contribution in [2.75, 3.05) is 4.66 Å². The van der Waals surface area contributed by atoms with Crippen LogP contribution in [0.1, 0.15) is 17.8 Å². The molecule has 1 atom stereocenters. The smallest absolute Gasteiger partial charge is 0.212 e. The number of sulfonamides is 1. The molecule has 74 valence electrons.